The number of amides is 1. The highest BCUT2D eigenvalue weighted by molar-refractivity contribution is 7.80. The molecule has 2 aromatic rings. The van der Waals surface area contributed by atoms with Crippen molar-refractivity contribution >= 4 is 57.8 Å². The van der Waals surface area contributed by atoms with Gasteiger partial charge < -0.3 is 15.5 Å². The summed E-state index contributed by atoms with van der Waals surface area (Å²) in [5.74, 6) is 0.450. The van der Waals surface area contributed by atoms with Crippen LogP contribution in [0.5, 0.6) is 0 Å². The van der Waals surface area contributed by atoms with Crippen molar-refractivity contribution in [2.45, 2.75) is 52.2 Å². The van der Waals surface area contributed by atoms with E-state index in [0.717, 1.165) is 24.0 Å². The van der Waals surface area contributed by atoms with E-state index >= 15 is 0 Å². The number of nitrogens with one attached hydrogen (secondary N) is 2. The van der Waals surface area contributed by atoms with E-state index in [2.05, 4.69) is 31.4 Å². The molecule has 0 saturated heterocycles. The van der Waals surface area contributed by atoms with Crippen molar-refractivity contribution in [1.29, 1.82) is 0 Å². The first-order chi connectivity index (χ1) is 15.7. The number of hydrogen-bond acceptors (Lipinski definition) is 3. The highest BCUT2D eigenvalue weighted by Crippen LogP contribution is 2.31. The molecule has 0 spiro atoms. The second-order valence-corrected chi connectivity index (χ2v) is 10.0. The molecule has 0 bridgehead atoms. The maximum atomic E-state index is 13.3. The molecule has 8 heteroatoms. The molecule has 2 N–H and O–H groups in total. The summed E-state index contributed by atoms with van der Waals surface area (Å²) in [7, 11) is 1.72. The largest absolute Gasteiger partial charge is 0.360 e. The summed E-state index contributed by atoms with van der Waals surface area (Å²) in [5, 5.41) is 7.87. The number of nitrogens with zero attached hydrogens (tertiary/aromatic N) is 2. The molecule has 0 saturated carbocycles. The van der Waals surface area contributed by atoms with Crippen molar-refractivity contribution in [3.05, 3.63) is 63.6 Å². The van der Waals surface area contributed by atoms with Crippen molar-refractivity contribution in [2.24, 2.45) is 10.9 Å². The second-order valence-electron chi connectivity index (χ2n) is 8.76. The van der Waals surface area contributed by atoms with Crippen LogP contribution in [0.3, 0.4) is 0 Å². The van der Waals surface area contributed by atoms with Crippen LogP contribution in [0.1, 0.15) is 51.2 Å². The van der Waals surface area contributed by atoms with Gasteiger partial charge in [0.15, 0.2) is 5.11 Å². The van der Waals surface area contributed by atoms with Crippen LogP contribution >= 0.6 is 35.4 Å². The van der Waals surface area contributed by atoms with Crippen molar-refractivity contribution in [3.8, 4) is 0 Å². The summed E-state index contributed by atoms with van der Waals surface area (Å²) >= 11 is 18.3. The number of aliphatic imine (C=N–C) groups is 1. The summed E-state index contributed by atoms with van der Waals surface area (Å²) < 4.78 is 0. The molecule has 0 fully saturated rings. The fourth-order valence-electron chi connectivity index (χ4n) is 3.80. The maximum absolute atomic E-state index is 13.3. The lowest BCUT2D eigenvalue weighted by molar-refractivity contribution is -0.119. The molecule has 176 valence electrons. The summed E-state index contributed by atoms with van der Waals surface area (Å²) in [6.07, 6.45) is 2.38. The molecule has 1 aliphatic rings. The van der Waals surface area contributed by atoms with E-state index < -0.39 is 6.17 Å². The number of carbonyl (C=O) groups excluding carboxylic acids is 1. The number of benzodiazepines with no additional fused rings is 1. The molecule has 33 heavy (non-hydrogen) atoms. The number of thiocarbonyl (C=S) groups is 1. The molecule has 0 aliphatic carbocycles. The lowest BCUT2D eigenvalue weighted by Gasteiger charge is -2.23. The minimum absolute atomic E-state index is 0.186. The van der Waals surface area contributed by atoms with E-state index in [4.69, 9.17) is 40.4 Å². The number of anilines is 1. The number of fused-ring (bicyclic) bond motifs is 1. The van der Waals surface area contributed by atoms with Crippen LogP contribution in [0, 0.1) is 5.92 Å². The average molecular weight is 506 g/mol. The van der Waals surface area contributed by atoms with Gasteiger partial charge in [0.05, 0.1) is 11.4 Å². The van der Waals surface area contributed by atoms with Crippen molar-refractivity contribution < 1.29 is 4.79 Å². The van der Waals surface area contributed by atoms with Crippen LogP contribution in [0.25, 0.3) is 0 Å². The van der Waals surface area contributed by atoms with Crippen LogP contribution in [0.4, 0.5) is 5.69 Å². The van der Waals surface area contributed by atoms with Gasteiger partial charge in [0.1, 0.15) is 0 Å². The topological polar surface area (TPSA) is 56.7 Å². The Morgan fingerprint density at radius 2 is 1.85 bits per heavy atom. The molecule has 1 heterocycles. The van der Waals surface area contributed by atoms with E-state index in [9.17, 15) is 4.79 Å². The zero-order valence-corrected chi connectivity index (χ0v) is 21.7. The Bertz CT molecular complexity index is 1060. The number of halogens is 2. The van der Waals surface area contributed by atoms with Crippen LogP contribution < -0.4 is 15.5 Å². The predicted octanol–water partition coefficient (Wildman–Crippen LogP) is 5.81. The van der Waals surface area contributed by atoms with E-state index in [1.165, 1.54) is 6.42 Å². The Morgan fingerprint density at radius 3 is 2.55 bits per heavy atom. The van der Waals surface area contributed by atoms with Gasteiger partial charge in [-0.25, -0.2) is 4.99 Å². The zero-order valence-electron chi connectivity index (χ0n) is 19.4. The standard InChI is InChI=1S/C25H30Cl2N4OS/c1-15(2)8-7-9-16(3)28-25(33)30-23-24(32)31(4)21-13-12-17(26)14-19(21)22(29-23)18-10-5-6-11-20(18)27/h5-6,10-16,23H,7-9H2,1-4H3,(H2,28,30,33). The first kappa shape index (κ1) is 25.5. The van der Waals surface area contributed by atoms with Crippen molar-refractivity contribution in [1.82, 2.24) is 10.6 Å². The van der Waals surface area contributed by atoms with Gasteiger partial charge >= 0.3 is 0 Å². The van der Waals surface area contributed by atoms with Crippen molar-refractivity contribution in [2.75, 3.05) is 11.9 Å². The van der Waals surface area contributed by atoms with E-state index in [1.54, 1.807) is 30.1 Å². The van der Waals surface area contributed by atoms with E-state index in [-0.39, 0.29) is 11.9 Å². The summed E-state index contributed by atoms with van der Waals surface area (Å²) in [4.78, 5) is 19.7. The number of hydrogen-bond donors (Lipinski definition) is 2. The third-order valence-corrected chi connectivity index (χ3v) is 6.39. The van der Waals surface area contributed by atoms with Gasteiger partial charge in [0.2, 0.25) is 6.17 Å². The number of rotatable bonds is 7. The minimum Gasteiger partial charge on any atom is -0.360 e. The Hall–Kier alpha value is -2.15. The normalized spacial score (nSPS) is 16.7. The van der Waals surface area contributed by atoms with E-state index in [1.807, 2.05) is 24.3 Å². The summed E-state index contributed by atoms with van der Waals surface area (Å²) in [6.45, 7) is 6.53. The number of benzene rings is 2. The highest BCUT2D eigenvalue weighted by atomic mass is 35.5. The summed E-state index contributed by atoms with van der Waals surface area (Å²) in [6, 6.07) is 13.0. The predicted molar refractivity (Wildman–Crippen MR) is 143 cm³/mol. The van der Waals surface area contributed by atoms with Crippen LogP contribution in [-0.2, 0) is 4.79 Å². The van der Waals surface area contributed by atoms with Gasteiger partial charge in [0.25, 0.3) is 5.91 Å². The first-order valence-electron chi connectivity index (χ1n) is 11.1. The number of carbonyl (C=O) groups is 1. The van der Waals surface area contributed by atoms with E-state index in [0.29, 0.717) is 32.5 Å². The smallest absolute Gasteiger partial charge is 0.272 e. The average Bonchev–Trinajstić information content (AvgIpc) is 2.84. The fraction of sp³-hybridized carbons (Fsp3) is 0.400. The van der Waals surface area contributed by atoms with Gasteiger partial charge in [-0.3, -0.25) is 4.79 Å². The lowest BCUT2D eigenvalue weighted by Crippen LogP contribution is -2.50. The Kier molecular flexibility index (Phi) is 8.74. The van der Waals surface area contributed by atoms with Crippen LogP contribution in [0.2, 0.25) is 10.0 Å². The molecule has 2 aromatic carbocycles. The molecular weight excluding hydrogens is 475 g/mol. The highest BCUT2D eigenvalue weighted by Gasteiger charge is 2.31. The molecule has 1 amide bonds. The van der Waals surface area contributed by atoms with Gasteiger partial charge in [-0.2, -0.15) is 0 Å². The molecule has 2 unspecified atom stereocenters. The van der Waals surface area contributed by atoms with Gasteiger partial charge in [-0.15, -0.1) is 0 Å². The first-order valence-corrected chi connectivity index (χ1v) is 12.3. The van der Waals surface area contributed by atoms with Gasteiger partial charge in [0, 0.05) is 34.3 Å². The minimum atomic E-state index is -0.907. The maximum Gasteiger partial charge on any atom is 0.272 e. The lowest BCUT2D eigenvalue weighted by atomic mass is 10.00. The van der Waals surface area contributed by atoms with Crippen LogP contribution in [0.15, 0.2) is 47.5 Å². The molecule has 3 rings (SSSR count). The SMILES string of the molecule is CC(C)CCCC(C)NC(=S)NC1N=C(c2ccccc2Cl)c2cc(Cl)ccc2N(C)C1=O. The Labute approximate surface area is 211 Å². The third kappa shape index (κ3) is 6.46. The molecule has 5 nitrogen and oxygen atoms in total. The number of likely N-dealkylation sites (N-methyl/N-ethyl adjacent to an activating group) is 1. The van der Waals surface area contributed by atoms with Crippen LogP contribution in [-0.4, -0.2) is 36.0 Å². The van der Waals surface area contributed by atoms with Gasteiger partial charge in [-0.05, 0) is 55.7 Å². The van der Waals surface area contributed by atoms with Gasteiger partial charge in [-0.1, -0.05) is 68.1 Å². The Balaban J connectivity index is 1.90. The quantitative estimate of drug-likeness (QED) is 0.466. The molecule has 0 aromatic heterocycles. The summed E-state index contributed by atoms with van der Waals surface area (Å²) in [5.41, 5.74) is 2.74. The molecule has 1 aliphatic heterocycles. The zero-order chi connectivity index (χ0) is 24.1. The fourth-order valence-corrected chi connectivity index (χ4v) is 4.51. The molecule has 0 radical (unpaired) electrons. The monoisotopic (exact) mass is 504 g/mol. The Morgan fingerprint density at radius 1 is 1.12 bits per heavy atom. The van der Waals surface area contributed by atoms with Crippen molar-refractivity contribution in [3.63, 3.8) is 0 Å². The molecule has 2 atom stereocenters. The third-order valence-electron chi connectivity index (χ3n) is 5.59. The second kappa shape index (κ2) is 11.3. The molecular formula is C25H30Cl2N4OS.